The van der Waals surface area contributed by atoms with E-state index in [9.17, 15) is 19.5 Å². The number of carbonyl (C=O) groups is 3. The molecule has 3 N–H and O–H groups in total. The van der Waals surface area contributed by atoms with Gasteiger partial charge in [-0.2, -0.15) is 0 Å². The Labute approximate surface area is 138 Å². The molecule has 0 saturated heterocycles. The summed E-state index contributed by atoms with van der Waals surface area (Å²) in [5, 5.41) is 13.9. The molecule has 7 heteroatoms. The normalized spacial score (nSPS) is 11.2. The molecule has 2 aromatic carbocycles. The molecule has 0 aromatic heterocycles. The summed E-state index contributed by atoms with van der Waals surface area (Å²) in [5.74, 6) is -1.64. The number of esters is 1. The van der Waals surface area contributed by atoms with E-state index >= 15 is 0 Å². The van der Waals surface area contributed by atoms with Crippen molar-refractivity contribution in [2.75, 3.05) is 5.32 Å². The highest BCUT2D eigenvalue weighted by atomic mass is 16.5. The third-order valence-electron chi connectivity index (χ3n) is 3.00. The van der Waals surface area contributed by atoms with Gasteiger partial charge in [-0.15, -0.1) is 0 Å². The predicted octanol–water partition coefficient (Wildman–Crippen LogP) is 2.29. The van der Waals surface area contributed by atoms with Crippen molar-refractivity contribution < 1.29 is 24.2 Å². The number of phenolic OH excluding ortho intramolecular Hbond substituents is 1. The number of aromatic hydroxyl groups is 1. The first-order chi connectivity index (χ1) is 11.5. The number of ether oxygens (including phenoxy) is 1. The first-order valence-electron chi connectivity index (χ1n) is 7.12. The maximum Gasteiger partial charge on any atom is 0.339 e. The molecule has 0 unspecified atom stereocenters. The van der Waals surface area contributed by atoms with E-state index in [1.54, 1.807) is 30.3 Å². The maximum atomic E-state index is 11.9. The van der Waals surface area contributed by atoms with Gasteiger partial charge in [-0.1, -0.05) is 24.3 Å². The summed E-state index contributed by atoms with van der Waals surface area (Å²) in [7, 11) is 0. The number of amides is 3. The van der Waals surface area contributed by atoms with Crippen LogP contribution in [0.1, 0.15) is 17.3 Å². The van der Waals surface area contributed by atoms with E-state index in [0.29, 0.717) is 5.69 Å². The van der Waals surface area contributed by atoms with Crippen LogP contribution in [0.4, 0.5) is 10.5 Å². The minimum Gasteiger partial charge on any atom is -0.508 e. The fraction of sp³-hybridized carbons (Fsp3) is 0.118. The van der Waals surface area contributed by atoms with Crippen molar-refractivity contribution in [2.24, 2.45) is 0 Å². The lowest BCUT2D eigenvalue weighted by molar-refractivity contribution is -0.127. The van der Waals surface area contributed by atoms with Gasteiger partial charge >= 0.3 is 12.0 Å². The first-order valence-corrected chi connectivity index (χ1v) is 7.12. The Bertz CT molecular complexity index is 746. The summed E-state index contributed by atoms with van der Waals surface area (Å²) in [6, 6.07) is 13.4. The van der Waals surface area contributed by atoms with Crippen LogP contribution in [0, 0.1) is 0 Å². The molecule has 0 spiro atoms. The van der Waals surface area contributed by atoms with Gasteiger partial charge in [0.15, 0.2) is 6.10 Å². The van der Waals surface area contributed by atoms with Gasteiger partial charge in [0.05, 0.1) is 5.56 Å². The molecule has 0 fully saturated rings. The SMILES string of the molecule is C[C@@H](OC(=O)c1cccc(O)c1)C(=O)NC(=O)Nc1ccccc1. The van der Waals surface area contributed by atoms with Gasteiger partial charge in [-0.25, -0.2) is 9.59 Å². The van der Waals surface area contributed by atoms with E-state index < -0.39 is 24.0 Å². The second kappa shape index (κ2) is 7.77. The molecule has 0 aliphatic carbocycles. The second-order valence-electron chi connectivity index (χ2n) is 4.91. The van der Waals surface area contributed by atoms with Crippen LogP contribution in [0.2, 0.25) is 0 Å². The molecule has 1 atom stereocenters. The van der Waals surface area contributed by atoms with Crippen LogP contribution < -0.4 is 10.6 Å². The summed E-state index contributed by atoms with van der Waals surface area (Å²) in [4.78, 5) is 35.5. The molecule has 0 bridgehead atoms. The van der Waals surface area contributed by atoms with Gasteiger partial charge in [0.2, 0.25) is 0 Å². The molecular weight excluding hydrogens is 312 g/mol. The summed E-state index contributed by atoms with van der Waals surface area (Å²) >= 11 is 0. The standard InChI is InChI=1S/C17H16N2O5/c1-11(24-16(22)12-6-5-9-14(20)10-12)15(21)19-17(23)18-13-7-3-2-4-8-13/h2-11,20H,1H3,(H2,18,19,21,23)/t11-/m1/s1. The third-order valence-corrected chi connectivity index (χ3v) is 3.00. The third kappa shape index (κ3) is 4.84. The minimum absolute atomic E-state index is 0.0937. The predicted molar refractivity (Wildman–Crippen MR) is 86.6 cm³/mol. The zero-order valence-corrected chi connectivity index (χ0v) is 12.9. The Balaban J connectivity index is 1.87. The molecule has 7 nitrogen and oxygen atoms in total. The smallest absolute Gasteiger partial charge is 0.339 e. The number of phenols is 1. The van der Waals surface area contributed by atoms with Crippen LogP contribution >= 0.6 is 0 Å². The quantitative estimate of drug-likeness (QED) is 0.747. The highest BCUT2D eigenvalue weighted by molar-refractivity contribution is 6.03. The van der Waals surface area contributed by atoms with Crippen molar-refractivity contribution in [1.29, 1.82) is 0 Å². The van der Waals surface area contributed by atoms with Crippen LogP contribution in [0.3, 0.4) is 0 Å². The number of benzene rings is 2. The van der Waals surface area contributed by atoms with Crippen LogP contribution in [0.5, 0.6) is 5.75 Å². The van der Waals surface area contributed by atoms with E-state index in [1.807, 2.05) is 0 Å². The summed E-state index contributed by atoms with van der Waals surface area (Å²) in [6.07, 6.45) is -1.18. The number of carbonyl (C=O) groups excluding carboxylic acids is 3. The lowest BCUT2D eigenvalue weighted by Crippen LogP contribution is -2.41. The van der Waals surface area contributed by atoms with Crippen molar-refractivity contribution in [3.8, 4) is 5.75 Å². The van der Waals surface area contributed by atoms with E-state index in [2.05, 4.69) is 10.6 Å². The second-order valence-corrected chi connectivity index (χ2v) is 4.91. The highest BCUT2D eigenvalue weighted by Gasteiger charge is 2.21. The average Bonchev–Trinajstić information content (AvgIpc) is 2.55. The van der Waals surface area contributed by atoms with E-state index in [-0.39, 0.29) is 11.3 Å². The van der Waals surface area contributed by atoms with Crippen LogP contribution in [-0.4, -0.2) is 29.1 Å². The number of anilines is 1. The average molecular weight is 328 g/mol. The summed E-state index contributed by atoms with van der Waals surface area (Å²) in [5.41, 5.74) is 0.621. The van der Waals surface area contributed by atoms with E-state index in [4.69, 9.17) is 4.74 Å². The Morgan fingerprint density at radius 3 is 2.42 bits per heavy atom. The molecule has 0 aliphatic heterocycles. The Morgan fingerprint density at radius 2 is 1.75 bits per heavy atom. The number of urea groups is 1. The Hall–Kier alpha value is -3.35. The fourth-order valence-electron chi connectivity index (χ4n) is 1.81. The molecule has 2 rings (SSSR count). The molecule has 0 saturated carbocycles. The van der Waals surface area contributed by atoms with Gasteiger partial charge in [0.25, 0.3) is 5.91 Å². The molecular formula is C17H16N2O5. The number of imide groups is 1. The van der Waals surface area contributed by atoms with Crippen molar-refractivity contribution in [2.45, 2.75) is 13.0 Å². The van der Waals surface area contributed by atoms with Gasteiger partial charge < -0.3 is 15.2 Å². The first kappa shape index (κ1) is 17.0. The van der Waals surface area contributed by atoms with Crippen LogP contribution in [0.25, 0.3) is 0 Å². The van der Waals surface area contributed by atoms with Crippen molar-refractivity contribution in [3.63, 3.8) is 0 Å². The molecule has 3 amide bonds. The molecule has 0 aliphatic rings. The van der Waals surface area contributed by atoms with E-state index in [1.165, 1.54) is 31.2 Å². The number of hydrogen-bond acceptors (Lipinski definition) is 5. The van der Waals surface area contributed by atoms with Gasteiger partial charge in [0.1, 0.15) is 5.75 Å². The number of rotatable bonds is 4. The summed E-state index contributed by atoms with van der Waals surface area (Å²) in [6.45, 7) is 1.34. The van der Waals surface area contributed by atoms with Crippen LogP contribution in [-0.2, 0) is 9.53 Å². The summed E-state index contributed by atoms with van der Waals surface area (Å²) < 4.78 is 4.96. The fourth-order valence-corrected chi connectivity index (χ4v) is 1.81. The highest BCUT2D eigenvalue weighted by Crippen LogP contribution is 2.12. The number of para-hydroxylation sites is 1. The van der Waals surface area contributed by atoms with Gasteiger partial charge in [-0.3, -0.25) is 10.1 Å². The Morgan fingerprint density at radius 1 is 1.04 bits per heavy atom. The van der Waals surface area contributed by atoms with Crippen LogP contribution in [0.15, 0.2) is 54.6 Å². The lowest BCUT2D eigenvalue weighted by atomic mass is 10.2. The number of hydrogen-bond donors (Lipinski definition) is 3. The molecule has 2 aromatic rings. The lowest BCUT2D eigenvalue weighted by Gasteiger charge is -2.13. The van der Waals surface area contributed by atoms with Crippen molar-refractivity contribution in [3.05, 3.63) is 60.2 Å². The molecule has 24 heavy (non-hydrogen) atoms. The largest absolute Gasteiger partial charge is 0.508 e. The molecule has 124 valence electrons. The van der Waals surface area contributed by atoms with Gasteiger partial charge in [0, 0.05) is 5.69 Å². The zero-order valence-electron chi connectivity index (χ0n) is 12.9. The van der Waals surface area contributed by atoms with E-state index in [0.717, 1.165) is 0 Å². The number of nitrogens with one attached hydrogen (secondary N) is 2. The topological polar surface area (TPSA) is 105 Å². The minimum atomic E-state index is -1.18. The monoisotopic (exact) mass is 328 g/mol. The molecule has 0 radical (unpaired) electrons. The van der Waals surface area contributed by atoms with Gasteiger partial charge in [-0.05, 0) is 37.3 Å². The van der Waals surface area contributed by atoms with Crippen molar-refractivity contribution in [1.82, 2.24) is 5.32 Å². The van der Waals surface area contributed by atoms with Crippen molar-refractivity contribution >= 4 is 23.6 Å². The Kier molecular flexibility index (Phi) is 5.51. The zero-order chi connectivity index (χ0) is 17.5. The molecule has 0 heterocycles. The maximum absolute atomic E-state index is 11.9.